The van der Waals surface area contributed by atoms with Crippen molar-refractivity contribution < 1.29 is 4.74 Å². The van der Waals surface area contributed by atoms with E-state index in [4.69, 9.17) is 4.74 Å². The van der Waals surface area contributed by atoms with E-state index in [1.807, 2.05) is 6.92 Å². The number of hydrogen-bond donors (Lipinski definition) is 0. The van der Waals surface area contributed by atoms with Gasteiger partial charge < -0.3 is 9.64 Å². The lowest BCUT2D eigenvalue weighted by molar-refractivity contribution is 0.0947. The normalized spacial score (nSPS) is 18.8. The fourth-order valence-electron chi connectivity index (χ4n) is 1.85. The third-order valence-electron chi connectivity index (χ3n) is 2.86. The first-order valence-electron chi connectivity index (χ1n) is 5.34. The summed E-state index contributed by atoms with van der Waals surface area (Å²) in [6, 6.07) is 0. The minimum atomic E-state index is 0.729. The van der Waals surface area contributed by atoms with E-state index in [0.717, 1.165) is 31.5 Å². The van der Waals surface area contributed by atoms with E-state index < -0.39 is 0 Å². The van der Waals surface area contributed by atoms with Gasteiger partial charge in [0.1, 0.15) is 0 Å². The van der Waals surface area contributed by atoms with E-state index in [-0.39, 0.29) is 0 Å². The summed E-state index contributed by atoms with van der Waals surface area (Å²) in [5, 5.41) is 0. The van der Waals surface area contributed by atoms with Crippen LogP contribution in [0.4, 0.5) is 0 Å². The van der Waals surface area contributed by atoms with Crippen molar-refractivity contribution in [3.63, 3.8) is 0 Å². The molecule has 1 fully saturated rings. The van der Waals surface area contributed by atoms with Crippen molar-refractivity contribution in [1.29, 1.82) is 0 Å². The molecule has 0 amide bonds. The van der Waals surface area contributed by atoms with E-state index in [9.17, 15) is 0 Å². The van der Waals surface area contributed by atoms with Gasteiger partial charge in [0.25, 0.3) is 0 Å². The highest BCUT2D eigenvalue weighted by Gasteiger charge is 2.18. The molecular formula is C11H21NO. The van der Waals surface area contributed by atoms with Crippen molar-refractivity contribution in [3.05, 3.63) is 12.5 Å². The molecule has 1 aliphatic rings. The van der Waals surface area contributed by atoms with Crippen molar-refractivity contribution in [3.8, 4) is 0 Å². The summed E-state index contributed by atoms with van der Waals surface area (Å²) >= 11 is 0. The molecule has 1 aliphatic heterocycles. The van der Waals surface area contributed by atoms with E-state index in [0.29, 0.717) is 0 Å². The Bertz CT molecular complexity index is 159. The Morgan fingerprint density at radius 3 is 2.46 bits per heavy atom. The largest absolute Gasteiger partial charge is 0.480 e. The van der Waals surface area contributed by atoms with Gasteiger partial charge in [0, 0.05) is 13.1 Å². The maximum Gasteiger partial charge on any atom is 0.181 e. The smallest absolute Gasteiger partial charge is 0.181 e. The predicted octanol–water partition coefficient (Wildman–Crippen LogP) is 2.62. The lowest BCUT2D eigenvalue weighted by atomic mass is 9.95. The van der Waals surface area contributed by atoms with Crippen molar-refractivity contribution in [1.82, 2.24) is 4.90 Å². The molecule has 1 rings (SSSR count). The number of hydrogen-bond acceptors (Lipinski definition) is 2. The predicted molar refractivity (Wildman–Crippen MR) is 55.4 cm³/mol. The Hall–Kier alpha value is -0.660. The summed E-state index contributed by atoms with van der Waals surface area (Å²) in [5.74, 6) is 1.78. The highest BCUT2D eigenvalue weighted by molar-refractivity contribution is 4.86. The van der Waals surface area contributed by atoms with E-state index in [2.05, 4.69) is 18.4 Å². The Kier molecular flexibility index (Phi) is 4.13. The topological polar surface area (TPSA) is 12.5 Å². The monoisotopic (exact) mass is 183 g/mol. The second-order valence-corrected chi connectivity index (χ2v) is 3.67. The molecule has 0 radical (unpaired) electrons. The van der Waals surface area contributed by atoms with E-state index in [1.54, 1.807) is 0 Å². The van der Waals surface area contributed by atoms with Gasteiger partial charge in [0.15, 0.2) is 5.88 Å². The Morgan fingerprint density at radius 2 is 2.00 bits per heavy atom. The van der Waals surface area contributed by atoms with Crippen LogP contribution in [-0.2, 0) is 4.74 Å². The second-order valence-electron chi connectivity index (χ2n) is 3.67. The van der Waals surface area contributed by atoms with Gasteiger partial charge in [-0.25, -0.2) is 0 Å². The summed E-state index contributed by atoms with van der Waals surface area (Å²) in [4.78, 5) is 2.26. The van der Waals surface area contributed by atoms with Crippen LogP contribution in [0.5, 0.6) is 0 Å². The molecule has 0 atom stereocenters. The van der Waals surface area contributed by atoms with Crippen molar-refractivity contribution >= 4 is 0 Å². The third-order valence-corrected chi connectivity index (χ3v) is 2.86. The maximum absolute atomic E-state index is 5.38. The van der Waals surface area contributed by atoms with Crippen LogP contribution in [0, 0.1) is 5.92 Å². The number of rotatable bonds is 4. The van der Waals surface area contributed by atoms with Crippen LogP contribution in [0.3, 0.4) is 0 Å². The Morgan fingerprint density at radius 1 is 1.38 bits per heavy atom. The summed E-state index contributed by atoms with van der Waals surface area (Å²) in [6.07, 6.45) is 3.90. The van der Waals surface area contributed by atoms with Crippen LogP contribution < -0.4 is 0 Å². The average Bonchev–Trinajstić information content (AvgIpc) is 2.18. The van der Waals surface area contributed by atoms with Gasteiger partial charge in [-0.3, -0.25) is 0 Å². The molecule has 0 aromatic heterocycles. The minimum Gasteiger partial charge on any atom is -0.480 e. The van der Waals surface area contributed by atoms with Gasteiger partial charge in [-0.1, -0.05) is 13.3 Å². The first kappa shape index (κ1) is 10.4. The average molecular weight is 183 g/mol. The van der Waals surface area contributed by atoms with Gasteiger partial charge >= 0.3 is 0 Å². The molecule has 0 bridgehead atoms. The van der Waals surface area contributed by atoms with Gasteiger partial charge in [0.05, 0.1) is 6.61 Å². The summed E-state index contributed by atoms with van der Waals surface area (Å²) in [7, 11) is 0. The zero-order valence-electron chi connectivity index (χ0n) is 8.88. The Labute approximate surface area is 81.6 Å². The molecule has 1 heterocycles. The summed E-state index contributed by atoms with van der Waals surface area (Å²) in [6.45, 7) is 11.2. The first-order valence-corrected chi connectivity index (χ1v) is 5.34. The molecule has 0 unspecified atom stereocenters. The van der Waals surface area contributed by atoms with Crippen molar-refractivity contribution in [2.75, 3.05) is 19.7 Å². The summed E-state index contributed by atoms with van der Waals surface area (Å²) < 4.78 is 5.38. The highest BCUT2D eigenvalue weighted by Crippen LogP contribution is 2.22. The molecule has 76 valence electrons. The third kappa shape index (κ3) is 2.94. The molecule has 1 saturated heterocycles. The first-order chi connectivity index (χ1) is 6.27. The fourth-order valence-corrected chi connectivity index (χ4v) is 1.85. The number of likely N-dealkylation sites (tertiary alicyclic amines) is 1. The van der Waals surface area contributed by atoms with Crippen LogP contribution in [0.2, 0.25) is 0 Å². The standard InChI is InChI=1S/C11H21NO/c1-4-11-6-8-12(9-7-11)10(3)13-5-2/h11H,3-9H2,1-2H3. The molecule has 0 aliphatic carbocycles. The van der Waals surface area contributed by atoms with Crippen molar-refractivity contribution in [2.24, 2.45) is 5.92 Å². The lowest BCUT2D eigenvalue weighted by Gasteiger charge is -2.33. The highest BCUT2D eigenvalue weighted by atomic mass is 16.5. The number of ether oxygens (including phenoxy) is 1. The minimum absolute atomic E-state index is 0.729. The molecule has 2 heteroatoms. The second kappa shape index (κ2) is 5.15. The van der Waals surface area contributed by atoms with Crippen LogP contribution in [0.1, 0.15) is 33.1 Å². The molecule has 0 saturated carbocycles. The number of piperidine rings is 1. The zero-order valence-corrected chi connectivity index (χ0v) is 8.88. The Balaban J connectivity index is 2.28. The van der Waals surface area contributed by atoms with Crippen LogP contribution in [0.25, 0.3) is 0 Å². The molecule has 2 nitrogen and oxygen atoms in total. The zero-order chi connectivity index (χ0) is 9.68. The van der Waals surface area contributed by atoms with E-state index in [1.165, 1.54) is 19.3 Å². The molecule has 0 spiro atoms. The maximum atomic E-state index is 5.38. The lowest BCUT2D eigenvalue weighted by Crippen LogP contribution is -2.33. The number of nitrogens with zero attached hydrogens (tertiary/aromatic N) is 1. The fraction of sp³-hybridized carbons (Fsp3) is 0.818. The van der Waals surface area contributed by atoms with Crippen LogP contribution in [0.15, 0.2) is 12.5 Å². The molecule has 0 aromatic rings. The van der Waals surface area contributed by atoms with Gasteiger partial charge in [-0.05, 0) is 32.3 Å². The molecule has 13 heavy (non-hydrogen) atoms. The molecular weight excluding hydrogens is 162 g/mol. The van der Waals surface area contributed by atoms with Gasteiger partial charge in [-0.2, -0.15) is 0 Å². The van der Waals surface area contributed by atoms with Gasteiger partial charge in [-0.15, -0.1) is 0 Å². The molecule has 0 N–H and O–H groups in total. The quantitative estimate of drug-likeness (QED) is 0.621. The van der Waals surface area contributed by atoms with Crippen molar-refractivity contribution in [2.45, 2.75) is 33.1 Å². The van der Waals surface area contributed by atoms with Crippen LogP contribution in [-0.4, -0.2) is 24.6 Å². The van der Waals surface area contributed by atoms with Gasteiger partial charge in [0.2, 0.25) is 0 Å². The van der Waals surface area contributed by atoms with Crippen LogP contribution >= 0.6 is 0 Å². The SMILES string of the molecule is C=C(OCC)N1CCC(CC)CC1. The molecule has 0 aromatic carbocycles. The summed E-state index contributed by atoms with van der Waals surface area (Å²) in [5.41, 5.74) is 0. The van der Waals surface area contributed by atoms with E-state index >= 15 is 0 Å².